The van der Waals surface area contributed by atoms with Crippen LogP contribution in [0, 0.1) is 6.92 Å². The third-order valence-corrected chi connectivity index (χ3v) is 4.20. The van der Waals surface area contributed by atoms with Gasteiger partial charge < -0.3 is 4.52 Å². The first-order valence-electron chi connectivity index (χ1n) is 8.40. The highest BCUT2D eigenvalue weighted by molar-refractivity contribution is 5.62. The van der Waals surface area contributed by atoms with Crippen LogP contribution >= 0.6 is 0 Å². The summed E-state index contributed by atoms with van der Waals surface area (Å²) in [5, 5.41) is 8.48. The summed E-state index contributed by atoms with van der Waals surface area (Å²) in [5.41, 5.74) is 4.56. The molecule has 1 aromatic carbocycles. The summed E-state index contributed by atoms with van der Waals surface area (Å²) < 4.78 is 7.40. The van der Waals surface area contributed by atoms with Crippen molar-refractivity contribution in [2.45, 2.75) is 52.5 Å². The van der Waals surface area contributed by atoms with Crippen molar-refractivity contribution < 1.29 is 4.52 Å². The first-order chi connectivity index (χ1) is 11.3. The van der Waals surface area contributed by atoms with Gasteiger partial charge in [-0.1, -0.05) is 36.3 Å². The normalized spacial score (nSPS) is 13.2. The van der Waals surface area contributed by atoms with Gasteiger partial charge in [-0.15, -0.1) is 0 Å². The fourth-order valence-electron chi connectivity index (χ4n) is 2.79. The highest BCUT2D eigenvalue weighted by atomic mass is 16.5. The van der Waals surface area contributed by atoms with Gasteiger partial charge >= 0.3 is 0 Å². The summed E-state index contributed by atoms with van der Waals surface area (Å²) in [5.74, 6) is 1.25. The molecule has 0 radical (unpaired) electrons. The first-order valence-corrected chi connectivity index (χ1v) is 8.40. The van der Waals surface area contributed by atoms with Gasteiger partial charge in [-0.3, -0.25) is 4.68 Å². The molecule has 0 bridgehead atoms. The van der Waals surface area contributed by atoms with Gasteiger partial charge in [-0.25, -0.2) is 0 Å². The highest BCUT2D eigenvalue weighted by Crippen LogP contribution is 2.26. The lowest BCUT2D eigenvalue weighted by atomic mass is 9.96. The van der Waals surface area contributed by atoms with E-state index in [1.165, 1.54) is 11.1 Å². The van der Waals surface area contributed by atoms with E-state index in [-0.39, 0.29) is 5.54 Å². The SMILES string of the molecule is Cc1cc(C(C)Cc2cccc(-c3cnn(C(C)(C)C)c3)c2)on1. The Labute approximate surface area is 143 Å². The molecule has 2 aromatic heterocycles. The van der Waals surface area contributed by atoms with E-state index < -0.39 is 0 Å². The summed E-state index contributed by atoms with van der Waals surface area (Å²) >= 11 is 0. The lowest BCUT2D eigenvalue weighted by Crippen LogP contribution is -2.21. The van der Waals surface area contributed by atoms with E-state index in [1.54, 1.807) is 0 Å². The van der Waals surface area contributed by atoms with Gasteiger partial charge in [-0.2, -0.15) is 5.10 Å². The molecule has 0 spiro atoms. The molecule has 3 rings (SSSR count). The number of hydrogen-bond acceptors (Lipinski definition) is 3. The Bertz CT molecular complexity index is 823. The van der Waals surface area contributed by atoms with Gasteiger partial charge in [0.25, 0.3) is 0 Å². The molecule has 0 saturated carbocycles. The Hall–Kier alpha value is -2.36. The molecule has 0 fully saturated rings. The molecule has 24 heavy (non-hydrogen) atoms. The second-order valence-corrected chi connectivity index (χ2v) is 7.52. The average Bonchev–Trinajstić information content (AvgIpc) is 3.16. The van der Waals surface area contributed by atoms with E-state index in [0.717, 1.165) is 23.4 Å². The average molecular weight is 323 g/mol. The highest BCUT2D eigenvalue weighted by Gasteiger charge is 2.15. The minimum Gasteiger partial charge on any atom is -0.361 e. The maximum atomic E-state index is 5.39. The van der Waals surface area contributed by atoms with Crippen LogP contribution in [0.1, 0.15) is 50.6 Å². The van der Waals surface area contributed by atoms with E-state index in [4.69, 9.17) is 4.52 Å². The molecular formula is C20H25N3O. The smallest absolute Gasteiger partial charge is 0.140 e. The molecule has 0 aliphatic carbocycles. The molecule has 1 atom stereocenters. The van der Waals surface area contributed by atoms with Crippen LogP contribution in [0.15, 0.2) is 47.2 Å². The third kappa shape index (κ3) is 3.58. The van der Waals surface area contributed by atoms with Gasteiger partial charge in [0.2, 0.25) is 0 Å². The predicted octanol–water partition coefficient (Wildman–Crippen LogP) is 4.95. The number of aryl methyl sites for hydroxylation is 1. The molecule has 0 saturated heterocycles. The van der Waals surface area contributed by atoms with Crippen LogP contribution < -0.4 is 0 Å². The van der Waals surface area contributed by atoms with Crippen molar-refractivity contribution in [1.82, 2.24) is 14.9 Å². The van der Waals surface area contributed by atoms with Gasteiger partial charge in [0.15, 0.2) is 0 Å². The molecular weight excluding hydrogens is 298 g/mol. The van der Waals surface area contributed by atoms with Crippen LogP contribution in [-0.4, -0.2) is 14.9 Å². The Balaban J connectivity index is 1.80. The molecule has 0 N–H and O–H groups in total. The number of hydrogen-bond donors (Lipinski definition) is 0. The monoisotopic (exact) mass is 323 g/mol. The van der Waals surface area contributed by atoms with Crippen molar-refractivity contribution >= 4 is 0 Å². The summed E-state index contributed by atoms with van der Waals surface area (Å²) in [4.78, 5) is 0. The Morgan fingerprint density at radius 3 is 2.58 bits per heavy atom. The van der Waals surface area contributed by atoms with E-state index in [9.17, 15) is 0 Å². The summed E-state index contributed by atoms with van der Waals surface area (Å²) in [7, 11) is 0. The summed E-state index contributed by atoms with van der Waals surface area (Å²) in [6.45, 7) is 10.6. The van der Waals surface area contributed by atoms with Crippen molar-refractivity contribution in [3.05, 3.63) is 59.7 Å². The van der Waals surface area contributed by atoms with Crippen molar-refractivity contribution in [2.75, 3.05) is 0 Å². The van der Waals surface area contributed by atoms with E-state index in [1.807, 2.05) is 23.9 Å². The number of benzene rings is 1. The molecule has 0 aliphatic heterocycles. The van der Waals surface area contributed by atoms with Gasteiger partial charge in [-0.05, 0) is 45.2 Å². The predicted molar refractivity (Wildman–Crippen MR) is 96.0 cm³/mol. The topological polar surface area (TPSA) is 43.9 Å². The van der Waals surface area contributed by atoms with Gasteiger partial charge in [0.1, 0.15) is 5.76 Å². The van der Waals surface area contributed by atoms with Crippen LogP contribution in [0.5, 0.6) is 0 Å². The summed E-state index contributed by atoms with van der Waals surface area (Å²) in [6.07, 6.45) is 4.98. The molecule has 0 amide bonds. The van der Waals surface area contributed by atoms with Gasteiger partial charge in [0, 0.05) is 23.7 Å². The van der Waals surface area contributed by atoms with Crippen LogP contribution in [0.4, 0.5) is 0 Å². The van der Waals surface area contributed by atoms with Crippen LogP contribution in [0.2, 0.25) is 0 Å². The van der Waals surface area contributed by atoms with Crippen LogP contribution in [0.3, 0.4) is 0 Å². The molecule has 126 valence electrons. The van der Waals surface area contributed by atoms with Crippen molar-refractivity contribution in [3.8, 4) is 11.1 Å². The zero-order valence-corrected chi connectivity index (χ0v) is 15.1. The largest absolute Gasteiger partial charge is 0.361 e. The number of rotatable bonds is 4. The maximum Gasteiger partial charge on any atom is 0.140 e. The van der Waals surface area contributed by atoms with Gasteiger partial charge in [0.05, 0.1) is 17.4 Å². The minimum absolute atomic E-state index is 0.00544. The van der Waals surface area contributed by atoms with Crippen LogP contribution in [0.25, 0.3) is 11.1 Å². The fourth-order valence-corrected chi connectivity index (χ4v) is 2.79. The standard InChI is InChI=1S/C20H25N3O/c1-14(19-10-15(2)22-24-19)9-16-7-6-8-17(11-16)18-12-21-23(13-18)20(3,4)5/h6-8,10-14H,9H2,1-5H3. The molecule has 4 heteroatoms. The Kier molecular flexibility index (Phi) is 4.31. The Morgan fingerprint density at radius 2 is 1.96 bits per heavy atom. The number of nitrogens with zero attached hydrogens (tertiary/aromatic N) is 3. The number of aromatic nitrogens is 3. The van der Waals surface area contributed by atoms with E-state index in [2.05, 4.69) is 68.4 Å². The lowest BCUT2D eigenvalue weighted by molar-refractivity contribution is 0.355. The minimum atomic E-state index is -0.00544. The van der Waals surface area contributed by atoms with E-state index >= 15 is 0 Å². The molecule has 2 heterocycles. The third-order valence-electron chi connectivity index (χ3n) is 4.20. The summed E-state index contributed by atoms with van der Waals surface area (Å²) in [6, 6.07) is 10.7. The van der Waals surface area contributed by atoms with Crippen LogP contribution in [-0.2, 0) is 12.0 Å². The van der Waals surface area contributed by atoms with Crippen molar-refractivity contribution in [3.63, 3.8) is 0 Å². The fraction of sp³-hybridized carbons (Fsp3) is 0.400. The first kappa shape index (κ1) is 16.5. The second kappa shape index (κ2) is 6.27. The molecule has 1 unspecified atom stereocenters. The van der Waals surface area contributed by atoms with E-state index in [0.29, 0.717) is 5.92 Å². The van der Waals surface area contributed by atoms with Crippen molar-refractivity contribution in [2.24, 2.45) is 0 Å². The quantitative estimate of drug-likeness (QED) is 0.682. The molecule has 4 nitrogen and oxygen atoms in total. The second-order valence-electron chi connectivity index (χ2n) is 7.52. The zero-order chi connectivity index (χ0) is 17.3. The maximum absolute atomic E-state index is 5.39. The molecule has 3 aromatic rings. The Morgan fingerprint density at radius 1 is 1.17 bits per heavy atom. The zero-order valence-electron chi connectivity index (χ0n) is 15.1. The van der Waals surface area contributed by atoms with Crippen molar-refractivity contribution in [1.29, 1.82) is 0 Å². The molecule has 0 aliphatic rings. The lowest BCUT2D eigenvalue weighted by Gasteiger charge is -2.18.